The SMILES string of the molecule is CC(CO)c1nc(-c2ncn3c2c(=O)n(CCN2CCC(O)CC2)c2cc(Cl)ccc23)no1. The van der Waals surface area contributed by atoms with Crippen LogP contribution in [-0.2, 0) is 6.54 Å². The molecule has 174 valence electrons. The highest BCUT2D eigenvalue weighted by atomic mass is 35.5. The summed E-state index contributed by atoms with van der Waals surface area (Å²) in [4.78, 5) is 24.7. The Balaban J connectivity index is 1.61. The zero-order valence-electron chi connectivity index (χ0n) is 18.2. The van der Waals surface area contributed by atoms with Crippen LogP contribution in [0.5, 0.6) is 0 Å². The second-order valence-corrected chi connectivity index (χ2v) is 8.95. The van der Waals surface area contributed by atoms with Crippen LogP contribution >= 0.6 is 11.6 Å². The minimum Gasteiger partial charge on any atom is -0.396 e. The average Bonchev–Trinajstić information content (AvgIpc) is 3.47. The van der Waals surface area contributed by atoms with Gasteiger partial charge in [0.15, 0.2) is 0 Å². The maximum atomic E-state index is 13.7. The number of hydrogen-bond acceptors (Lipinski definition) is 8. The van der Waals surface area contributed by atoms with Crippen LogP contribution in [0, 0.1) is 0 Å². The Kier molecular flexibility index (Phi) is 5.92. The largest absolute Gasteiger partial charge is 0.396 e. The van der Waals surface area contributed by atoms with Gasteiger partial charge in [0.05, 0.1) is 29.7 Å². The van der Waals surface area contributed by atoms with Gasteiger partial charge in [-0.15, -0.1) is 0 Å². The summed E-state index contributed by atoms with van der Waals surface area (Å²) >= 11 is 6.28. The molecule has 0 spiro atoms. The summed E-state index contributed by atoms with van der Waals surface area (Å²) in [5.41, 5.74) is 1.95. The van der Waals surface area contributed by atoms with E-state index in [-0.39, 0.29) is 35.9 Å². The Labute approximate surface area is 194 Å². The van der Waals surface area contributed by atoms with Crippen LogP contribution < -0.4 is 5.56 Å². The molecule has 0 amide bonds. The van der Waals surface area contributed by atoms with E-state index in [1.165, 1.54) is 0 Å². The second-order valence-electron chi connectivity index (χ2n) is 8.51. The molecule has 5 rings (SSSR count). The summed E-state index contributed by atoms with van der Waals surface area (Å²) < 4.78 is 8.71. The van der Waals surface area contributed by atoms with E-state index in [2.05, 4.69) is 20.0 Å². The molecule has 0 radical (unpaired) electrons. The summed E-state index contributed by atoms with van der Waals surface area (Å²) in [7, 11) is 0. The van der Waals surface area contributed by atoms with Crippen molar-refractivity contribution >= 4 is 28.2 Å². The number of nitrogens with zero attached hydrogens (tertiary/aromatic N) is 6. The van der Waals surface area contributed by atoms with E-state index in [0.717, 1.165) is 31.4 Å². The van der Waals surface area contributed by atoms with E-state index in [9.17, 15) is 15.0 Å². The lowest BCUT2D eigenvalue weighted by Gasteiger charge is -2.29. The lowest BCUT2D eigenvalue weighted by molar-refractivity contribution is 0.0810. The number of benzene rings is 1. The number of piperidine rings is 1. The Bertz CT molecular complexity index is 1350. The molecule has 33 heavy (non-hydrogen) atoms. The van der Waals surface area contributed by atoms with E-state index in [1.54, 1.807) is 34.4 Å². The number of aromatic nitrogens is 5. The molecule has 0 saturated carbocycles. The molecule has 1 fully saturated rings. The highest BCUT2D eigenvalue weighted by molar-refractivity contribution is 6.31. The lowest BCUT2D eigenvalue weighted by Crippen LogP contribution is -2.39. The minimum absolute atomic E-state index is 0.128. The van der Waals surface area contributed by atoms with Crippen LogP contribution in [-0.4, -0.2) is 71.6 Å². The molecule has 1 atom stereocenters. The van der Waals surface area contributed by atoms with Crippen molar-refractivity contribution in [2.75, 3.05) is 26.2 Å². The molecule has 1 aliphatic rings. The summed E-state index contributed by atoms with van der Waals surface area (Å²) in [6.45, 7) is 4.37. The Morgan fingerprint density at radius 1 is 1.24 bits per heavy atom. The van der Waals surface area contributed by atoms with Crippen molar-refractivity contribution < 1.29 is 14.7 Å². The van der Waals surface area contributed by atoms with Crippen LogP contribution in [0.3, 0.4) is 0 Å². The Hall–Kier alpha value is -2.79. The second kappa shape index (κ2) is 8.86. The van der Waals surface area contributed by atoms with Gasteiger partial charge in [-0.25, -0.2) is 4.98 Å². The van der Waals surface area contributed by atoms with Gasteiger partial charge in [0, 0.05) is 31.2 Å². The van der Waals surface area contributed by atoms with E-state index < -0.39 is 0 Å². The third-order valence-electron chi connectivity index (χ3n) is 6.25. The van der Waals surface area contributed by atoms with Crippen molar-refractivity contribution in [3.63, 3.8) is 0 Å². The number of fused-ring (bicyclic) bond motifs is 3. The zero-order chi connectivity index (χ0) is 23.1. The fourth-order valence-electron chi connectivity index (χ4n) is 4.27. The summed E-state index contributed by atoms with van der Waals surface area (Å²) in [5, 5.41) is 23.7. The summed E-state index contributed by atoms with van der Waals surface area (Å²) in [6.07, 6.45) is 2.80. The van der Waals surface area contributed by atoms with Gasteiger partial charge in [0.1, 0.15) is 17.5 Å². The molecule has 1 aliphatic heterocycles. The molecular formula is C22H25ClN6O4. The highest BCUT2D eigenvalue weighted by Crippen LogP contribution is 2.25. The number of imidazole rings is 1. The normalized spacial score (nSPS) is 16.7. The first-order chi connectivity index (χ1) is 16.0. The third-order valence-corrected chi connectivity index (χ3v) is 6.48. The Morgan fingerprint density at radius 3 is 2.79 bits per heavy atom. The van der Waals surface area contributed by atoms with Crippen molar-refractivity contribution in [2.24, 2.45) is 0 Å². The van der Waals surface area contributed by atoms with E-state index >= 15 is 0 Å². The maximum Gasteiger partial charge on any atom is 0.277 e. The number of aliphatic hydroxyl groups excluding tert-OH is 2. The van der Waals surface area contributed by atoms with Crippen molar-refractivity contribution in [2.45, 2.75) is 38.3 Å². The van der Waals surface area contributed by atoms with Gasteiger partial charge >= 0.3 is 0 Å². The monoisotopic (exact) mass is 472 g/mol. The van der Waals surface area contributed by atoms with Gasteiger partial charge in [-0.2, -0.15) is 4.98 Å². The van der Waals surface area contributed by atoms with Crippen LogP contribution in [0.1, 0.15) is 31.6 Å². The molecule has 1 saturated heterocycles. The molecule has 2 N–H and O–H groups in total. The standard InChI is InChI=1S/C22H25ClN6O4/c1-13(11-30)21-25-20(26-33-21)18-19-22(32)28(9-8-27-6-4-15(31)5-7-27)17-10-14(23)2-3-16(17)29(19)12-24-18/h2-3,10,12-13,15,30-31H,4-9,11H2,1H3. The third kappa shape index (κ3) is 4.04. The molecule has 3 aromatic heterocycles. The first kappa shape index (κ1) is 22.0. The van der Waals surface area contributed by atoms with Crippen molar-refractivity contribution in [1.29, 1.82) is 0 Å². The molecular weight excluding hydrogens is 448 g/mol. The van der Waals surface area contributed by atoms with Crippen LogP contribution in [0.25, 0.3) is 28.1 Å². The fraction of sp³-hybridized carbons (Fsp3) is 0.455. The number of hydrogen-bond donors (Lipinski definition) is 2. The minimum atomic E-state index is -0.317. The molecule has 4 heterocycles. The number of halogens is 1. The van der Waals surface area contributed by atoms with Gasteiger partial charge in [-0.3, -0.25) is 9.20 Å². The summed E-state index contributed by atoms with van der Waals surface area (Å²) in [5.74, 6) is 0.173. The molecule has 4 aromatic rings. The molecule has 11 heteroatoms. The van der Waals surface area contributed by atoms with Crippen LogP contribution in [0.4, 0.5) is 0 Å². The molecule has 0 bridgehead atoms. The van der Waals surface area contributed by atoms with E-state index in [0.29, 0.717) is 34.8 Å². The fourth-order valence-corrected chi connectivity index (χ4v) is 4.44. The quantitative estimate of drug-likeness (QED) is 0.436. The number of rotatable bonds is 6. The molecule has 1 unspecified atom stereocenters. The van der Waals surface area contributed by atoms with Crippen molar-refractivity contribution in [1.82, 2.24) is 29.0 Å². The van der Waals surface area contributed by atoms with E-state index in [1.807, 2.05) is 6.07 Å². The van der Waals surface area contributed by atoms with Gasteiger partial charge in [0.2, 0.25) is 11.7 Å². The average molecular weight is 473 g/mol. The smallest absolute Gasteiger partial charge is 0.277 e. The van der Waals surface area contributed by atoms with Gasteiger partial charge < -0.3 is 24.2 Å². The van der Waals surface area contributed by atoms with E-state index in [4.69, 9.17) is 16.1 Å². The van der Waals surface area contributed by atoms with Crippen molar-refractivity contribution in [3.8, 4) is 11.5 Å². The number of aliphatic hydroxyl groups is 2. The van der Waals surface area contributed by atoms with Gasteiger partial charge in [-0.1, -0.05) is 23.7 Å². The topological polar surface area (TPSA) is 122 Å². The first-order valence-electron chi connectivity index (χ1n) is 11.0. The predicted octanol–water partition coefficient (Wildman–Crippen LogP) is 1.91. The van der Waals surface area contributed by atoms with Crippen LogP contribution in [0.15, 0.2) is 33.8 Å². The first-order valence-corrected chi connectivity index (χ1v) is 11.4. The zero-order valence-corrected chi connectivity index (χ0v) is 18.9. The molecule has 0 aliphatic carbocycles. The van der Waals surface area contributed by atoms with Gasteiger partial charge in [-0.05, 0) is 31.0 Å². The number of likely N-dealkylation sites (tertiary alicyclic amines) is 1. The van der Waals surface area contributed by atoms with Gasteiger partial charge in [0.25, 0.3) is 5.56 Å². The molecule has 1 aromatic carbocycles. The summed E-state index contributed by atoms with van der Waals surface area (Å²) in [6, 6.07) is 5.42. The van der Waals surface area contributed by atoms with Crippen molar-refractivity contribution in [3.05, 3.63) is 45.8 Å². The lowest BCUT2D eigenvalue weighted by atomic mass is 10.1. The Morgan fingerprint density at radius 2 is 2.03 bits per heavy atom. The molecule has 10 nitrogen and oxygen atoms in total. The predicted molar refractivity (Wildman–Crippen MR) is 122 cm³/mol. The van der Waals surface area contributed by atoms with Crippen LogP contribution in [0.2, 0.25) is 5.02 Å². The maximum absolute atomic E-state index is 13.7. The highest BCUT2D eigenvalue weighted by Gasteiger charge is 2.23.